The van der Waals surface area contributed by atoms with E-state index in [0.717, 1.165) is 30.0 Å². The molecule has 1 aliphatic heterocycles. The fourth-order valence-corrected chi connectivity index (χ4v) is 3.19. The van der Waals surface area contributed by atoms with E-state index in [9.17, 15) is 4.79 Å². The van der Waals surface area contributed by atoms with E-state index >= 15 is 0 Å². The third-order valence-electron chi connectivity index (χ3n) is 4.63. The summed E-state index contributed by atoms with van der Waals surface area (Å²) in [6.45, 7) is 4.32. The normalized spacial score (nSPS) is 18.5. The van der Waals surface area contributed by atoms with Gasteiger partial charge >= 0.3 is 0 Å². The standard InChI is InChI=1S/C18H24N4O.ClH/c1-13(15-3-2-9-19-12-15)11-18(23)21-16-6-4-14(5-7-16)17-8-10-20-22-17;/h4-8,10,13,15,19H,2-3,9,11-12H2,1H3,(H,20,22)(H,21,23);1H. The SMILES string of the molecule is CC(CC(=O)Nc1ccc(-c2ccn[nH]2)cc1)C1CCCNC1.Cl. The highest BCUT2D eigenvalue weighted by atomic mass is 35.5. The first kappa shape index (κ1) is 18.5. The predicted octanol–water partition coefficient (Wildman–Crippen LogP) is 3.46. The Bertz CT molecular complexity index is 621. The van der Waals surface area contributed by atoms with Crippen molar-refractivity contribution in [3.8, 4) is 11.3 Å². The summed E-state index contributed by atoms with van der Waals surface area (Å²) in [4.78, 5) is 12.2. The van der Waals surface area contributed by atoms with Gasteiger partial charge in [0, 0.05) is 18.3 Å². The third kappa shape index (κ3) is 4.82. The van der Waals surface area contributed by atoms with E-state index in [-0.39, 0.29) is 18.3 Å². The smallest absolute Gasteiger partial charge is 0.224 e. The lowest BCUT2D eigenvalue weighted by Gasteiger charge is -2.28. The maximum Gasteiger partial charge on any atom is 0.224 e. The van der Waals surface area contributed by atoms with Gasteiger partial charge in [-0.3, -0.25) is 9.89 Å². The summed E-state index contributed by atoms with van der Waals surface area (Å²) in [6, 6.07) is 9.75. The van der Waals surface area contributed by atoms with Gasteiger partial charge in [-0.25, -0.2) is 0 Å². The molecule has 0 saturated carbocycles. The highest BCUT2D eigenvalue weighted by Crippen LogP contribution is 2.23. The van der Waals surface area contributed by atoms with Gasteiger partial charge in [0.1, 0.15) is 0 Å². The van der Waals surface area contributed by atoms with Gasteiger partial charge in [-0.15, -0.1) is 12.4 Å². The number of rotatable bonds is 5. The number of nitrogens with one attached hydrogen (secondary N) is 3. The number of H-pyrrole nitrogens is 1. The minimum Gasteiger partial charge on any atom is -0.326 e. The second kappa shape index (κ2) is 8.85. The second-order valence-corrected chi connectivity index (χ2v) is 6.38. The monoisotopic (exact) mass is 348 g/mol. The minimum absolute atomic E-state index is 0. The van der Waals surface area contributed by atoms with E-state index in [2.05, 4.69) is 27.8 Å². The van der Waals surface area contributed by atoms with Crippen LogP contribution in [-0.4, -0.2) is 29.2 Å². The summed E-state index contributed by atoms with van der Waals surface area (Å²) >= 11 is 0. The largest absolute Gasteiger partial charge is 0.326 e. The highest BCUT2D eigenvalue weighted by Gasteiger charge is 2.21. The van der Waals surface area contributed by atoms with Crippen LogP contribution in [0.25, 0.3) is 11.3 Å². The molecule has 0 aliphatic carbocycles. The Morgan fingerprint density at radius 3 is 2.75 bits per heavy atom. The van der Waals surface area contributed by atoms with Crippen molar-refractivity contribution < 1.29 is 4.79 Å². The van der Waals surface area contributed by atoms with Crippen molar-refractivity contribution in [3.63, 3.8) is 0 Å². The lowest BCUT2D eigenvalue weighted by atomic mass is 9.85. The van der Waals surface area contributed by atoms with Crippen LogP contribution in [0.1, 0.15) is 26.2 Å². The number of benzene rings is 1. The molecule has 1 aliphatic rings. The zero-order valence-corrected chi connectivity index (χ0v) is 14.7. The van der Waals surface area contributed by atoms with Crippen LogP contribution in [0, 0.1) is 11.8 Å². The van der Waals surface area contributed by atoms with Crippen LogP contribution >= 0.6 is 12.4 Å². The molecule has 24 heavy (non-hydrogen) atoms. The fourth-order valence-electron chi connectivity index (χ4n) is 3.19. The Balaban J connectivity index is 0.00000208. The molecule has 0 bridgehead atoms. The Labute approximate surface area is 149 Å². The summed E-state index contributed by atoms with van der Waals surface area (Å²) < 4.78 is 0. The maximum absolute atomic E-state index is 12.2. The van der Waals surface area contributed by atoms with Gasteiger partial charge in [0.25, 0.3) is 0 Å². The number of aromatic amines is 1. The average Bonchev–Trinajstić information content (AvgIpc) is 3.11. The quantitative estimate of drug-likeness (QED) is 0.775. The second-order valence-electron chi connectivity index (χ2n) is 6.38. The van der Waals surface area contributed by atoms with E-state index in [1.807, 2.05) is 30.3 Å². The number of nitrogens with zero attached hydrogens (tertiary/aromatic N) is 1. The Kier molecular flexibility index (Phi) is 6.82. The van der Waals surface area contributed by atoms with Crippen molar-refractivity contribution >= 4 is 24.0 Å². The van der Waals surface area contributed by atoms with Crippen LogP contribution < -0.4 is 10.6 Å². The van der Waals surface area contributed by atoms with Crippen molar-refractivity contribution in [3.05, 3.63) is 36.5 Å². The van der Waals surface area contributed by atoms with Crippen molar-refractivity contribution in [2.24, 2.45) is 11.8 Å². The molecular formula is C18H25ClN4O. The first-order chi connectivity index (χ1) is 11.2. The van der Waals surface area contributed by atoms with Gasteiger partial charge in [0.2, 0.25) is 5.91 Å². The molecule has 1 amide bonds. The Hall–Kier alpha value is -1.85. The minimum atomic E-state index is 0. The van der Waals surface area contributed by atoms with Crippen LogP contribution in [0.2, 0.25) is 0 Å². The van der Waals surface area contributed by atoms with Gasteiger partial charge in [-0.05, 0) is 61.5 Å². The molecule has 1 saturated heterocycles. The fraction of sp³-hybridized carbons (Fsp3) is 0.444. The molecule has 2 unspecified atom stereocenters. The number of hydrogen-bond acceptors (Lipinski definition) is 3. The number of carbonyl (C=O) groups excluding carboxylic acids is 1. The van der Waals surface area contributed by atoms with E-state index in [1.165, 1.54) is 12.8 Å². The van der Waals surface area contributed by atoms with Crippen molar-refractivity contribution in [2.45, 2.75) is 26.2 Å². The lowest BCUT2D eigenvalue weighted by Crippen LogP contribution is -2.34. The molecule has 1 aromatic carbocycles. The number of anilines is 1. The zero-order chi connectivity index (χ0) is 16.1. The number of carbonyl (C=O) groups is 1. The number of aromatic nitrogens is 2. The molecule has 0 radical (unpaired) electrons. The number of piperidine rings is 1. The van der Waals surface area contributed by atoms with E-state index in [0.29, 0.717) is 18.3 Å². The third-order valence-corrected chi connectivity index (χ3v) is 4.63. The molecule has 0 spiro atoms. The van der Waals surface area contributed by atoms with E-state index in [1.54, 1.807) is 6.20 Å². The first-order valence-corrected chi connectivity index (χ1v) is 8.33. The van der Waals surface area contributed by atoms with Crippen LogP contribution in [0.5, 0.6) is 0 Å². The molecule has 1 fully saturated rings. The average molecular weight is 349 g/mol. The molecule has 3 N–H and O–H groups in total. The number of hydrogen-bond donors (Lipinski definition) is 3. The highest BCUT2D eigenvalue weighted by molar-refractivity contribution is 5.91. The first-order valence-electron chi connectivity index (χ1n) is 8.33. The molecule has 1 aromatic heterocycles. The van der Waals surface area contributed by atoms with Gasteiger partial charge in [0.05, 0.1) is 5.69 Å². The molecule has 130 valence electrons. The molecule has 2 atom stereocenters. The lowest BCUT2D eigenvalue weighted by molar-refractivity contribution is -0.117. The Morgan fingerprint density at radius 1 is 1.33 bits per heavy atom. The van der Waals surface area contributed by atoms with Crippen LogP contribution in [0.4, 0.5) is 5.69 Å². The van der Waals surface area contributed by atoms with Gasteiger partial charge < -0.3 is 10.6 Å². The Morgan fingerprint density at radius 2 is 2.12 bits per heavy atom. The molecule has 6 heteroatoms. The summed E-state index contributed by atoms with van der Waals surface area (Å²) in [5.41, 5.74) is 2.87. The van der Waals surface area contributed by atoms with Gasteiger partial charge in [-0.2, -0.15) is 5.10 Å². The summed E-state index contributed by atoms with van der Waals surface area (Å²) in [5, 5.41) is 13.3. The topological polar surface area (TPSA) is 69.8 Å². The van der Waals surface area contributed by atoms with Gasteiger partial charge in [-0.1, -0.05) is 19.1 Å². The molecule has 5 nitrogen and oxygen atoms in total. The zero-order valence-electron chi connectivity index (χ0n) is 13.9. The van der Waals surface area contributed by atoms with Gasteiger partial charge in [0.15, 0.2) is 0 Å². The van der Waals surface area contributed by atoms with Crippen molar-refractivity contribution in [1.29, 1.82) is 0 Å². The summed E-state index contributed by atoms with van der Waals surface area (Å²) in [5.74, 6) is 1.11. The summed E-state index contributed by atoms with van der Waals surface area (Å²) in [6.07, 6.45) is 4.74. The van der Waals surface area contributed by atoms with Crippen molar-refractivity contribution in [1.82, 2.24) is 15.5 Å². The molecule has 2 aromatic rings. The van der Waals surface area contributed by atoms with E-state index < -0.39 is 0 Å². The van der Waals surface area contributed by atoms with Crippen LogP contribution in [-0.2, 0) is 4.79 Å². The van der Waals surface area contributed by atoms with E-state index in [4.69, 9.17) is 0 Å². The van der Waals surface area contributed by atoms with Crippen LogP contribution in [0.3, 0.4) is 0 Å². The maximum atomic E-state index is 12.2. The number of amides is 1. The molecular weight excluding hydrogens is 324 g/mol. The predicted molar refractivity (Wildman–Crippen MR) is 99.3 cm³/mol. The van der Waals surface area contributed by atoms with Crippen LogP contribution in [0.15, 0.2) is 36.5 Å². The summed E-state index contributed by atoms with van der Waals surface area (Å²) in [7, 11) is 0. The van der Waals surface area contributed by atoms with Crippen molar-refractivity contribution in [2.75, 3.05) is 18.4 Å². The molecule has 3 rings (SSSR count). The molecule has 2 heterocycles. The number of halogens is 1.